The highest BCUT2D eigenvalue weighted by atomic mass is 32.1. The van der Waals surface area contributed by atoms with Crippen LogP contribution in [-0.2, 0) is 17.5 Å². The molecule has 2 N–H and O–H groups in total. The van der Waals surface area contributed by atoms with E-state index in [2.05, 4.69) is 27.8 Å². The number of hydrogen-bond donors (Lipinski definition) is 2. The molecule has 2 atom stereocenters. The zero-order chi connectivity index (χ0) is 23.8. The molecule has 1 fully saturated rings. The molecule has 0 radical (unpaired) electrons. The molecule has 0 bridgehead atoms. The number of rotatable bonds is 7. The van der Waals surface area contributed by atoms with Gasteiger partial charge in [-0.3, -0.25) is 4.79 Å². The molecular formula is C25H26F3N3OS. The molecule has 8 heteroatoms. The molecule has 3 aromatic rings. The van der Waals surface area contributed by atoms with Gasteiger partial charge in [-0.15, -0.1) is 11.3 Å². The summed E-state index contributed by atoms with van der Waals surface area (Å²) >= 11 is 1.47. The van der Waals surface area contributed by atoms with Crippen LogP contribution in [0.1, 0.15) is 47.9 Å². The molecule has 1 amide bonds. The lowest BCUT2D eigenvalue weighted by atomic mass is 10.1. The van der Waals surface area contributed by atoms with Gasteiger partial charge in [-0.25, -0.2) is 4.98 Å². The quantitative estimate of drug-likeness (QED) is 0.419. The summed E-state index contributed by atoms with van der Waals surface area (Å²) in [6.45, 7) is 6.41. The van der Waals surface area contributed by atoms with E-state index >= 15 is 0 Å². The number of amides is 1. The Bertz CT molecular complexity index is 1120. The van der Waals surface area contributed by atoms with Crippen LogP contribution in [0.2, 0.25) is 0 Å². The van der Waals surface area contributed by atoms with Crippen molar-refractivity contribution in [2.24, 2.45) is 5.92 Å². The number of thiazole rings is 1. The summed E-state index contributed by atoms with van der Waals surface area (Å²) in [7, 11) is 0. The number of aromatic nitrogens is 1. The molecule has 1 aliphatic rings. The molecule has 1 aromatic heterocycles. The van der Waals surface area contributed by atoms with Gasteiger partial charge in [-0.05, 0) is 62.9 Å². The van der Waals surface area contributed by atoms with Crippen molar-refractivity contribution in [2.75, 3.05) is 5.32 Å². The number of anilines is 1. The van der Waals surface area contributed by atoms with Crippen molar-refractivity contribution in [1.29, 1.82) is 0 Å². The van der Waals surface area contributed by atoms with E-state index in [1.54, 1.807) is 0 Å². The van der Waals surface area contributed by atoms with Crippen LogP contribution in [0.3, 0.4) is 0 Å². The van der Waals surface area contributed by atoms with Gasteiger partial charge in [0.05, 0.1) is 17.8 Å². The van der Waals surface area contributed by atoms with Crippen LogP contribution in [0.15, 0.2) is 48.5 Å². The van der Waals surface area contributed by atoms with E-state index in [0.717, 1.165) is 34.8 Å². The fourth-order valence-corrected chi connectivity index (χ4v) is 4.80. The predicted octanol–water partition coefficient (Wildman–Crippen LogP) is 6.38. The fourth-order valence-electron chi connectivity index (χ4n) is 3.79. The molecule has 4 nitrogen and oxygen atoms in total. The van der Waals surface area contributed by atoms with Gasteiger partial charge in [0.15, 0.2) is 0 Å². The van der Waals surface area contributed by atoms with Gasteiger partial charge < -0.3 is 10.6 Å². The molecule has 1 heterocycles. The van der Waals surface area contributed by atoms with E-state index in [1.165, 1.54) is 29.0 Å². The number of benzene rings is 2. The molecule has 1 saturated carbocycles. The smallest absolute Gasteiger partial charge is 0.380 e. The minimum atomic E-state index is -4.34. The average molecular weight is 474 g/mol. The van der Waals surface area contributed by atoms with Crippen LogP contribution >= 0.6 is 11.3 Å². The molecule has 0 unspecified atom stereocenters. The first-order valence-corrected chi connectivity index (χ1v) is 11.7. The van der Waals surface area contributed by atoms with Gasteiger partial charge in [0, 0.05) is 28.1 Å². The Morgan fingerprint density at radius 1 is 1.12 bits per heavy atom. The number of carbonyl (C=O) groups excluding carboxylic acids is 1. The minimum absolute atomic E-state index is 0.0645. The Labute approximate surface area is 195 Å². The molecule has 0 saturated heterocycles. The fraction of sp³-hybridized carbons (Fsp3) is 0.360. The van der Waals surface area contributed by atoms with Crippen LogP contribution < -0.4 is 10.6 Å². The maximum atomic E-state index is 12.8. The zero-order valence-electron chi connectivity index (χ0n) is 18.7. The van der Waals surface area contributed by atoms with Crippen molar-refractivity contribution in [3.05, 3.63) is 70.2 Å². The van der Waals surface area contributed by atoms with Gasteiger partial charge in [-0.1, -0.05) is 24.3 Å². The average Bonchev–Trinajstić information content (AvgIpc) is 3.48. The Kier molecular flexibility index (Phi) is 6.47. The second-order valence-electron chi connectivity index (χ2n) is 8.69. The van der Waals surface area contributed by atoms with E-state index in [0.29, 0.717) is 17.1 Å². The summed E-state index contributed by atoms with van der Waals surface area (Å²) < 4.78 is 38.4. The number of hydrogen-bond acceptors (Lipinski definition) is 4. The van der Waals surface area contributed by atoms with Gasteiger partial charge in [0.2, 0.25) is 5.91 Å². The van der Waals surface area contributed by atoms with Gasteiger partial charge in [0.25, 0.3) is 0 Å². The molecule has 33 heavy (non-hydrogen) atoms. The summed E-state index contributed by atoms with van der Waals surface area (Å²) in [6, 6.07) is 13.4. The van der Waals surface area contributed by atoms with Crippen molar-refractivity contribution in [3.63, 3.8) is 0 Å². The molecule has 4 rings (SSSR count). The number of alkyl halides is 3. The lowest BCUT2D eigenvalue weighted by molar-refractivity contribution is -0.137. The summed E-state index contributed by atoms with van der Waals surface area (Å²) in [6.07, 6.45) is -3.46. The minimum Gasteiger partial charge on any atom is -0.380 e. The number of halogens is 3. The second kappa shape index (κ2) is 9.17. The highest BCUT2D eigenvalue weighted by Gasteiger charge is 2.43. The topological polar surface area (TPSA) is 54.0 Å². The second-order valence-corrected chi connectivity index (χ2v) is 9.77. The third kappa shape index (κ3) is 5.55. The van der Waals surface area contributed by atoms with Gasteiger partial charge in [-0.2, -0.15) is 13.2 Å². The van der Waals surface area contributed by atoms with Crippen LogP contribution in [0.4, 0.5) is 18.9 Å². The van der Waals surface area contributed by atoms with Crippen molar-refractivity contribution >= 4 is 22.9 Å². The summed E-state index contributed by atoms with van der Waals surface area (Å²) in [4.78, 5) is 17.7. The Morgan fingerprint density at radius 2 is 1.79 bits per heavy atom. The maximum Gasteiger partial charge on any atom is 0.416 e. The Hall–Kier alpha value is -2.87. The van der Waals surface area contributed by atoms with E-state index in [1.807, 2.05) is 32.9 Å². The van der Waals surface area contributed by atoms with Crippen LogP contribution in [0.25, 0.3) is 10.6 Å². The number of carbonyl (C=O) groups is 1. The molecule has 174 valence electrons. The first kappa shape index (κ1) is 23.3. The van der Waals surface area contributed by atoms with Crippen molar-refractivity contribution < 1.29 is 18.0 Å². The Balaban J connectivity index is 1.35. The highest BCUT2D eigenvalue weighted by Crippen LogP contribution is 2.47. The monoisotopic (exact) mass is 473 g/mol. The third-order valence-corrected chi connectivity index (χ3v) is 6.91. The maximum absolute atomic E-state index is 12.8. The summed E-state index contributed by atoms with van der Waals surface area (Å²) in [5.74, 6) is 0.476. The van der Waals surface area contributed by atoms with Crippen molar-refractivity contribution in [2.45, 2.75) is 51.9 Å². The van der Waals surface area contributed by atoms with Gasteiger partial charge >= 0.3 is 6.18 Å². The molecule has 0 aliphatic heterocycles. The van der Waals surface area contributed by atoms with E-state index < -0.39 is 11.7 Å². The van der Waals surface area contributed by atoms with E-state index in [-0.39, 0.29) is 23.8 Å². The van der Waals surface area contributed by atoms with Gasteiger partial charge in [0.1, 0.15) is 5.01 Å². The number of aryl methyl sites for hydroxylation is 1. The molecule has 1 aliphatic carbocycles. The first-order chi connectivity index (χ1) is 15.6. The SMILES string of the molecule is Cc1nc(-c2ccc(C(F)(F)F)cc2)sc1CNc1ccc([C@H]2C[C@@H]2C(=O)NC(C)C)cc1. The van der Waals surface area contributed by atoms with Crippen LogP contribution in [0.5, 0.6) is 0 Å². The summed E-state index contributed by atoms with van der Waals surface area (Å²) in [5.41, 5.74) is 3.00. The molecule has 0 spiro atoms. The highest BCUT2D eigenvalue weighted by molar-refractivity contribution is 7.15. The first-order valence-electron chi connectivity index (χ1n) is 10.9. The zero-order valence-corrected chi connectivity index (χ0v) is 19.5. The van der Waals surface area contributed by atoms with Crippen LogP contribution in [0, 0.1) is 12.8 Å². The number of nitrogens with zero attached hydrogens (tertiary/aromatic N) is 1. The van der Waals surface area contributed by atoms with Crippen molar-refractivity contribution in [1.82, 2.24) is 10.3 Å². The largest absolute Gasteiger partial charge is 0.416 e. The molecular weight excluding hydrogens is 447 g/mol. The third-order valence-electron chi connectivity index (χ3n) is 5.70. The van der Waals surface area contributed by atoms with E-state index in [4.69, 9.17) is 0 Å². The predicted molar refractivity (Wildman–Crippen MR) is 125 cm³/mol. The van der Waals surface area contributed by atoms with Crippen LogP contribution in [-0.4, -0.2) is 16.9 Å². The Morgan fingerprint density at radius 3 is 2.39 bits per heavy atom. The summed E-state index contributed by atoms with van der Waals surface area (Å²) in [5, 5.41) is 7.06. The lowest BCUT2D eigenvalue weighted by Gasteiger charge is -2.09. The van der Waals surface area contributed by atoms with E-state index in [9.17, 15) is 18.0 Å². The van der Waals surface area contributed by atoms with Crippen molar-refractivity contribution in [3.8, 4) is 10.6 Å². The lowest BCUT2D eigenvalue weighted by Crippen LogP contribution is -2.31. The standard InChI is InChI=1S/C25H26F3N3OS/c1-14(2)30-23(32)21-12-20(21)16-6-10-19(11-7-16)29-13-22-15(3)31-24(33-22)17-4-8-18(9-5-17)25(26,27)28/h4-11,14,20-21,29H,12-13H2,1-3H3,(H,30,32)/t20-,21+/m1/s1. The number of nitrogens with one attached hydrogen (secondary N) is 2. The molecule has 2 aromatic carbocycles. The normalized spacial score (nSPS) is 17.8.